The summed E-state index contributed by atoms with van der Waals surface area (Å²) in [7, 11) is 0. The summed E-state index contributed by atoms with van der Waals surface area (Å²) in [6.07, 6.45) is 4.79. The highest BCUT2D eigenvalue weighted by Gasteiger charge is 2.25. The minimum Gasteiger partial charge on any atom is -0.465 e. The molecule has 8 heteroatoms. The molecule has 1 unspecified atom stereocenters. The number of aryl methyl sites for hydroxylation is 1. The number of nitrogens with zero attached hydrogens (tertiary/aromatic N) is 2. The molecule has 0 N–H and O–H groups in total. The SMILES string of the molecule is CCCCOC(=O)CSc1nc2sc3c(c2c(=O)n1-c1ccc(Cl)cc1)CCC(C)C3. The van der Waals surface area contributed by atoms with Gasteiger partial charge in [0.05, 0.1) is 23.4 Å². The second-order valence-corrected chi connectivity index (χ2v) is 10.4. The second-order valence-electron chi connectivity index (χ2n) is 7.91. The van der Waals surface area contributed by atoms with Crippen molar-refractivity contribution in [2.45, 2.75) is 51.1 Å². The van der Waals surface area contributed by atoms with E-state index in [1.165, 1.54) is 16.6 Å². The lowest BCUT2D eigenvalue weighted by Gasteiger charge is -2.17. The Morgan fingerprint density at radius 3 is 2.87 bits per heavy atom. The van der Waals surface area contributed by atoms with Crippen LogP contribution in [0.1, 0.15) is 43.6 Å². The minimum absolute atomic E-state index is 0.0822. The standard InChI is InChI=1S/C23H25ClN2O3S2/c1-3-4-11-29-19(27)13-30-23-25-21-20(17-10-5-14(2)12-18(17)31-21)22(28)26(23)16-8-6-15(24)7-9-16/h6-9,14H,3-5,10-13H2,1-2H3. The fourth-order valence-corrected chi connectivity index (χ4v) is 6.14. The van der Waals surface area contributed by atoms with Gasteiger partial charge in [-0.3, -0.25) is 14.2 Å². The number of ether oxygens (including phenoxy) is 1. The Morgan fingerprint density at radius 1 is 1.35 bits per heavy atom. The average molecular weight is 477 g/mol. The molecular formula is C23H25ClN2O3S2. The van der Waals surface area contributed by atoms with Crippen molar-refractivity contribution in [1.82, 2.24) is 9.55 Å². The van der Waals surface area contributed by atoms with Crippen molar-refractivity contribution in [2.24, 2.45) is 5.92 Å². The third-order valence-corrected chi connectivity index (χ3v) is 7.78. The van der Waals surface area contributed by atoms with Crippen LogP contribution in [0.25, 0.3) is 15.9 Å². The van der Waals surface area contributed by atoms with E-state index in [9.17, 15) is 9.59 Å². The number of aromatic nitrogens is 2. The highest BCUT2D eigenvalue weighted by molar-refractivity contribution is 7.99. The molecule has 0 saturated carbocycles. The van der Waals surface area contributed by atoms with E-state index in [0.29, 0.717) is 28.4 Å². The number of thiophene rings is 1. The predicted octanol–water partition coefficient (Wildman–Crippen LogP) is 5.66. The molecule has 0 amide bonds. The van der Waals surface area contributed by atoms with E-state index in [1.807, 2.05) is 19.1 Å². The first kappa shape index (κ1) is 22.4. The van der Waals surface area contributed by atoms with Gasteiger partial charge in [-0.1, -0.05) is 43.6 Å². The number of rotatable bonds is 7. The number of hydrogen-bond acceptors (Lipinski definition) is 6. The number of hydrogen-bond donors (Lipinski definition) is 0. The number of fused-ring (bicyclic) bond motifs is 3. The number of carbonyl (C=O) groups excluding carboxylic acids is 1. The van der Waals surface area contributed by atoms with E-state index < -0.39 is 0 Å². The topological polar surface area (TPSA) is 61.2 Å². The van der Waals surface area contributed by atoms with Crippen LogP contribution in [0.3, 0.4) is 0 Å². The van der Waals surface area contributed by atoms with E-state index in [0.717, 1.165) is 47.9 Å². The zero-order valence-corrected chi connectivity index (χ0v) is 20.0. The number of thioether (sulfide) groups is 1. The van der Waals surface area contributed by atoms with Crippen LogP contribution in [-0.2, 0) is 22.4 Å². The first-order valence-corrected chi connectivity index (χ1v) is 12.8. The molecular weight excluding hydrogens is 452 g/mol. The summed E-state index contributed by atoms with van der Waals surface area (Å²) >= 11 is 8.91. The molecule has 2 heterocycles. The predicted molar refractivity (Wildman–Crippen MR) is 128 cm³/mol. The molecule has 0 spiro atoms. The van der Waals surface area contributed by atoms with Crippen LogP contribution in [0.2, 0.25) is 5.02 Å². The van der Waals surface area contributed by atoms with E-state index in [-0.39, 0.29) is 17.3 Å². The van der Waals surface area contributed by atoms with Crippen LogP contribution in [-0.4, -0.2) is 27.9 Å². The van der Waals surface area contributed by atoms with Crippen molar-refractivity contribution in [3.63, 3.8) is 0 Å². The van der Waals surface area contributed by atoms with Crippen LogP contribution >= 0.6 is 34.7 Å². The molecule has 164 valence electrons. The first-order chi connectivity index (χ1) is 15.0. The molecule has 0 saturated heterocycles. The molecule has 1 aromatic carbocycles. The van der Waals surface area contributed by atoms with Gasteiger partial charge in [0, 0.05) is 9.90 Å². The molecule has 1 atom stereocenters. The third kappa shape index (κ3) is 4.83. The second kappa shape index (κ2) is 9.76. The Hall–Kier alpha value is -1.83. The summed E-state index contributed by atoms with van der Waals surface area (Å²) in [5.41, 5.74) is 1.75. The maximum Gasteiger partial charge on any atom is 0.316 e. The normalized spacial score (nSPS) is 15.8. The van der Waals surface area contributed by atoms with Gasteiger partial charge in [-0.2, -0.15) is 0 Å². The van der Waals surface area contributed by atoms with Crippen LogP contribution in [0.4, 0.5) is 0 Å². The van der Waals surface area contributed by atoms with Crippen molar-refractivity contribution >= 4 is 50.9 Å². The van der Waals surface area contributed by atoms with Gasteiger partial charge >= 0.3 is 5.97 Å². The fourth-order valence-electron chi connectivity index (χ4n) is 3.78. The quantitative estimate of drug-likeness (QED) is 0.190. The Bertz CT molecular complexity index is 1150. The van der Waals surface area contributed by atoms with Gasteiger partial charge < -0.3 is 4.74 Å². The molecule has 5 nitrogen and oxygen atoms in total. The number of halogens is 1. The molecule has 0 bridgehead atoms. The zero-order chi connectivity index (χ0) is 22.0. The third-order valence-electron chi connectivity index (χ3n) is 5.46. The van der Waals surface area contributed by atoms with Crippen LogP contribution < -0.4 is 5.56 Å². The van der Waals surface area contributed by atoms with E-state index in [2.05, 4.69) is 6.92 Å². The summed E-state index contributed by atoms with van der Waals surface area (Å²) in [6.45, 7) is 4.72. The smallest absolute Gasteiger partial charge is 0.316 e. The number of unbranched alkanes of at least 4 members (excludes halogenated alkanes) is 1. The summed E-state index contributed by atoms with van der Waals surface area (Å²) in [5, 5.41) is 1.82. The first-order valence-electron chi connectivity index (χ1n) is 10.6. The molecule has 31 heavy (non-hydrogen) atoms. The number of carbonyl (C=O) groups is 1. The zero-order valence-electron chi connectivity index (χ0n) is 17.7. The van der Waals surface area contributed by atoms with Crippen molar-refractivity contribution in [1.29, 1.82) is 0 Å². The van der Waals surface area contributed by atoms with Crippen molar-refractivity contribution in [2.75, 3.05) is 12.4 Å². The van der Waals surface area contributed by atoms with Gasteiger partial charge in [-0.25, -0.2) is 4.98 Å². The van der Waals surface area contributed by atoms with Gasteiger partial charge in [-0.15, -0.1) is 11.3 Å². The summed E-state index contributed by atoms with van der Waals surface area (Å²) in [4.78, 5) is 32.7. The Labute approximate surface area is 194 Å². The maximum absolute atomic E-state index is 13.7. The van der Waals surface area contributed by atoms with Crippen LogP contribution in [0, 0.1) is 5.92 Å². The Balaban J connectivity index is 1.76. The molecule has 2 aromatic heterocycles. The molecule has 0 fully saturated rings. The van der Waals surface area contributed by atoms with Crippen molar-refractivity contribution < 1.29 is 9.53 Å². The molecule has 0 radical (unpaired) electrons. The average Bonchev–Trinajstić information content (AvgIpc) is 3.11. The number of benzene rings is 1. The molecule has 1 aliphatic carbocycles. The lowest BCUT2D eigenvalue weighted by molar-refractivity contribution is -0.140. The number of esters is 1. The monoisotopic (exact) mass is 476 g/mol. The van der Waals surface area contributed by atoms with Crippen LogP contribution in [0.15, 0.2) is 34.2 Å². The molecule has 1 aliphatic rings. The van der Waals surface area contributed by atoms with Gasteiger partial charge in [0.2, 0.25) is 0 Å². The van der Waals surface area contributed by atoms with Crippen molar-refractivity contribution in [3.8, 4) is 5.69 Å². The van der Waals surface area contributed by atoms with E-state index in [1.54, 1.807) is 28.0 Å². The fraction of sp³-hybridized carbons (Fsp3) is 0.435. The maximum atomic E-state index is 13.7. The van der Waals surface area contributed by atoms with Crippen LogP contribution in [0.5, 0.6) is 0 Å². The molecule has 4 rings (SSSR count). The highest BCUT2D eigenvalue weighted by Crippen LogP contribution is 2.37. The molecule has 3 aromatic rings. The Kier molecular flexibility index (Phi) is 7.04. The van der Waals surface area contributed by atoms with E-state index >= 15 is 0 Å². The lowest BCUT2D eigenvalue weighted by Crippen LogP contribution is -2.23. The minimum atomic E-state index is -0.297. The summed E-state index contributed by atoms with van der Waals surface area (Å²) in [5.74, 6) is 0.428. The summed E-state index contributed by atoms with van der Waals surface area (Å²) in [6, 6.07) is 7.13. The van der Waals surface area contributed by atoms with Gasteiger partial charge in [0.15, 0.2) is 5.16 Å². The van der Waals surface area contributed by atoms with Gasteiger partial charge in [-0.05, 0) is 61.4 Å². The van der Waals surface area contributed by atoms with E-state index in [4.69, 9.17) is 21.3 Å². The molecule has 0 aliphatic heterocycles. The highest BCUT2D eigenvalue weighted by atomic mass is 35.5. The van der Waals surface area contributed by atoms with Gasteiger partial charge in [0.25, 0.3) is 5.56 Å². The lowest BCUT2D eigenvalue weighted by atomic mass is 9.89. The largest absolute Gasteiger partial charge is 0.465 e. The Morgan fingerprint density at radius 2 is 2.13 bits per heavy atom. The van der Waals surface area contributed by atoms with Crippen molar-refractivity contribution in [3.05, 3.63) is 50.1 Å². The summed E-state index contributed by atoms with van der Waals surface area (Å²) < 4.78 is 6.88. The van der Waals surface area contributed by atoms with Gasteiger partial charge in [0.1, 0.15) is 4.83 Å².